The van der Waals surface area contributed by atoms with E-state index in [0.29, 0.717) is 35.8 Å². The molecule has 7 heteroatoms. The van der Waals surface area contributed by atoms with Crippen LogP contribution >= 0.6 is 0 Å². The van der Waals surface area contributed by atoms with Crippen molar-refractivity contribution in [3.05, 3.63) is 53.1 Å². The Balaban J connectivity index is 1.57. The van der Waals surface area contributed by atoms with Crippen molar-refractivity contribution in [2.75, 3.05) is 20.8 Å². The van der Waals surface area contributed by atoms with Gasteiger partial charge in [0.05, 0.1) is 31.9 Å². The summed E-state index contributed by atoms with van der Waals surface area (Å²) in [6.07, 6.45) is 0.488. The van der Waals surface area contributed by atoms with Gasteiger partial charge in [0.2, 0.25) is 0 Å². The second-order valence-corrected chi connectivity index (χ2v) is 7.86. The highest BCUT2D eigenvalue weighted by Crippen LogP contribution is 2.47. The Bertz CT molecular complexity index is 1080. The van der Waals surface area contributed by atoms with E-state index in [-0.39, 0.29) is 23.8 Å². The molecule has 2 N–H and O–H groups in total. The Kier molecular flexibility index (Phi) is 4.27. The standard InChI is InChI=1S/C23H24N2O5/c1-11(2)17-8-14-16(30-17)6-5-12(23(14)26)22-21-13-7-19(27-3)20(28-4)9-18(13)29-10-15(21)24-25-22/h5-7,9,15,17,21,24,26H,1,8,10H2,2-4H3/t15-,17-,21+/m1/s1. The summed E-state index contributed by atoms with van der Waals surface area (Å²) in [5.41, 5.74) is 7.32. The van der Waals surface area contributed by atoms with Crippen LogP contribution in [0.3, 0.4) is 0 Å². The normalized spacial score (nSPS) is 23.2. The topological polar surface area (TPSA) is 81.5 Å². The zero-order valence-electron chi connectivity index (χ0n) is 17.2. The maximum atomic E-state index is 11.1. The maximum absolute atomic E-state index is 11.1. The average Bonchev–Trinajstić information content (AvgIpc) is 3.38. The first-order chi connectivity index (χ1) is 14.5. The van der Waals surface area contributed by atoms with Gasteiger partial charge >= 0.3 is 0 Å². The number of benzene rings is 2. The molecule has 5 rings (SSSR count). The van der Waals surface area contributed by atoms with Crippen LogP contribution in [0.5, 0.6) is 28.7 Å². The van der Waals surface area contributed by atoms with Gasteiger partial charge in [-0.2, -0.15) is 5.10 Å². The fourth-order valence-electron chi connectivity index (χ4n) is 4.42. The van der Waals surface area contributed by atoms with E-state index in [4.69, 9.17) is 18.9 Å². The van der Waals surface area contributed by atoms with E-state index in [1.165, 1.54) is 0 Å². The number of rotatable bonds is 4. The molecule has 156 valence electrons. The molecule has 0 spiro atoms. The highest BCUT2D eigenvalue weighted by Gasteiger charge is 2.41. The predicted molar refractivity (Wildman–Crippen MR) is 112 cm³/mol. The molecule has 0 bridgehead atoms. The first kappa shape index (κ1) is 18.7. The summed E-state index contributed by atoms with van der Waals surface area (Å²) in [6.45, 7) is 6.38. The lowest BCUT2D eigenvalue weighted by Gasteiger charge is -2.30. The van der Waals surface area contributed by atoms with E-state index < -0.39 is 0 Å². The predicted octanol–water partition coefficient (Wildman–Crippen LogP) is 3.14. The Morgan fingerprint density at radius 2 is 1.97 bits per heavy atom. The lowest BCUT2D eigenvalue weighted by molar-refractivity contribution is 0.239. The molecule has 0 aliphatic carbocycles. The van der Waals surface area contributed by atoms with Gasteiger partial charge in [-0.3, -0.25) is 0 Å². The van der Waals surface area contributed by atoms with Crippen LogP contribution in [0.15, 0.2) is 41.5 Å². The van der Waals surface area contributed by atoms with Crippen molar-refractivity contribution < 1.29 is 24.1 Å². The summed E-state index contributed by atoms with van der Waals surface area (Å²) < 4.78 is 22.8. The van der Waals surface area contributed by atoms with E-state index in [1.807, 2.05) is 31.2 Å². The lowest BCUT2D eigenvalue weighted by atomic mass is 9.82. The molecule has 0 fully saturated rings. The van der Waals surface area contributed by atoms with Crippen LogP contribution in [0.4, 0.5) is 0 Å². The van der Waals surface area contributed by atoms with Crippen LogP contribution in [-0.4, -0.2) is 43.8 Å². The van der Waals surface area contributed by atoms with Crippen LogP contribution in [-0.2, 0) is 6.42 Å². The molecule has 0 aromatic heterocycles. The molecule has 3 atom stereocenters. The van der Waals surface area contributed by atoms with Gasteiger partial charge in [0, 0.05) is 29.2 Å². The molecule has 30 heavy (non-hydrogen) atoms. The molecule has 0 amide bonds. The molecule has 0 unspecified atom stereocenters. The van der Waals surface area contributed by atoms with E-state index >= 15 is 0 Å². The van der Waals surface area contributed by atoms with Gasteiger partial charge in [0.1, 0.15) is 30.0 Å². The summed E-state index contributed by atoms with van der Waals surface area (Å²) in [7, 11) is 3.21. The fourth-order valence-corrected chi connectivity index (χ4v) is 4.42. The van der Waals surface area contributed by atoms with Crippen LogP contribution < -0.4 is 24.4 Å². The number of methoxy groups -OCH3 is 2. The highest BCUT2D eigenvalue weighted by atomic mass is 16.5. The third-order valence-electron chi connectivity index (χ3n) is 6.04. The van der Waals surface area contributed by atoms with Crippen molar-refractivity contribution in [3.63, 3.8) is 0 Å². The Labute approximate surface area is 174 Å². The molecular formula is C23H24N2O5. The molecule has 0 saturated carbocycles. The molecule has 2 aromatic rings. The molecule has 0 radical (unpaired) electrons. The quantitative estimate of drug-likeness (QED) is 0.757. The van der Waals surface area contributed by atoms with Crippen molar-refractivity contribution in [3.8, 4) is 28.7 Å². The van der Waals surface area contributed by atoms with Gasteiger partial charge in [-0.1, -0.05) is 6.58 Å². The van der Waals surface area contributed by atoms with Gasteiger partial charge in [-0.15, -0.1) is 0 Å². The van der Waals surface area contributed by atoms with Gasteiger partial charge in [-0.25, -0.2) is 0 Å². The summed E-state index contributed by atoms with van der Waals surface area (Å²) in [5, 5.41) is 15.7. The minimum atomic E-state index is -0.113. The number of aromatic hydroxyl groups is 1. The molecule has 0 saturated heterocycles. The Hall–Kier alpha value is -3.35. The van der Waals surface area contributed by atoms with Crippen molar-refractivity contribution in [1.82, 2.24) is 5.43 Å². The van der Waals surface area contributed by atoms with Gasteiger partial charge < -0.3 is 29.5 Å². The number of phenolic OH excluding ortho intramolecular Hbond substituents is 1. The first-order valence-corrected chi connectivity index (χ1v) is 9.91. The van der Waals surface area contributed by atoms with E-state index in [9.17, 15) is 5.11 Å². The lowest BCUT2D eigenvalue weighted by Crippen LogP contribution is -2.37. The molecule has 2 aromatic carbocycles. The highest BCUT2D eigenvalue weighted by molar-refractivity contribution is 6.09. The van der Waals surface area contributed by atoms with E-state index in [1.54, 1.807) is 14.2 Å². The van der Waals surface area contributed by atoms with Crippen LogP contribution in [0.1, 0.15) is 29.5 Å². The number of fused-ring (bicyclic) bond motifs is 4. The maximum Gasteiger partial charge on any atom is 0.164 e. The van der Waals surface area contributed by atoms with Crippen molar-refractivity contribution in [2.45, 2.75) is 31.4 Å². The first-order valence-electron chi connectivity index (χ1n) is 9.91. The van der Waals surface area contributed by atoms with Crippen molar-refractivity contribution in [1.29, 1.82) is 0 Å². The summed E-state index contributed by atoms with van der Waals surface area (Å²) in [6, 6.07) is 7.51. The number of hydrogen-bond donors (Lipinski definition) is 2. The number of hydrazone groups is 1. The summed E-state index contributed by atoms with van der Waals surface area (Å²) >= 11 is 0. The molecule has 3 heterocycles. The van der Waals surface area contributed by atoms with Gasteiger partial charge in [-0.05, 0) is 30.7 Å². The van der Waals surface area contributed by atoms with Crippen LogP contribution in [0.25, 0.3) is 0 Å². The Morgan fingerprint density at radius 3 is 2.70 bits per heavy atom. The monoisotopic (exact) mass is 408 g/mol. The third kappa shape index (κ3) is 2.69. The molecule has 7 nitrogen and oxygen atoms in total. The SMILES string of the molecule is C=C(C)[C@H]1Cc2c(ccc(C3=NN[C@@H]4COc5cc(OC)c(OC)cc5[C@H]34)c2O)O1. The summed E-state index contributed by atoms with van der Waals surface area (Å²) in [5.74, 6) is 2.80. The van der Waals surface area contributed by atoms with Gasteiger partial charge in [0.25, 0.3) is 0 Å². The van der Waals surface area contributed by atoms with Crippen LogP contribution in [0.2, 0.25) is 0 Å². The smallest absolute Gasteiger partial charge is 0.164 e. The molecule has 3 aliphatic heterocycles. The fraction of sp³-hybridized carbons (Fsp3) is 0.348. The zero-order valence-corrected chi connectivity index (χ0v) is 17.2. The van der Waals surface area contributed by atoms with Gasteiger partial charge in [0.15, 0.2) is 11.5 Å². The minimum absolute atomic E-state index is 0.0299. The zero-order chi connectivity index (χ0) is 21.0. The number of nitrogens with one attached hydrogen (secondary N) is 1. The second kappa shape index (κ2) is 6.86. The number of nitrogens with zero attached hydrogens (tertiary/aromatic N) is 1. The Morgan fingerprint density at radius 1 is 1.20 bits per heavy atom. The number of hydrogen-bond acceptors (Lipinski definition) is 7. The minimum Gasteiger partial charge on any atom is -0.507 e. The average molecular weight is 408 g/mol. The van der Waals surface area contributed by atoms with E-state index in [2.05, 4.69) is 17.1 Å². The number of ether oxygens (including phenoxy) is 4. The summed E-state index contributed by atoms with van der Waals surface area (Å²) in [4.78, 5) is 0. The van der Waals surface area contributed by atoms with Crippen molar-refractivity contribution >= 4 is 5.71 Å². The second-order valence-electron chi connectivity index (χ2n) is 7.86. The largest absolute Gasteiger partial charge is 0.507 e. The van der Waals surface area contributed by atoms with E-state index in [0.717, 1.165) is 28.2 Å². The van der Waals surface area contributed by atoms with Crippen molar-refractivity contribution in [2.24, 2.45) is 5.10 Å². The molecular weight excluding hydrogens is 384 g/mol. The molecule has 3 aliphatic rings. The number of phenols is 1. The van der Waals surface area contributed by atoms with Crippen LogP contribution in [0, 0.1) is 0 Å². The third-order valence-corrected chi connectivity index (χ3v) is 6.04.